The van der Waals surface area contributed by atoms with E-state index in [2.05, 4.69) is 37.2 Å². The van der Waals surface area contributed by atoms with Gasteiger partial charge in [-0.05, 0) is 37.2 Å². The van der Waals surface area contributed by atoms with Gasteiger partial charge in [0.15, 0.2) is 0 Å². The molecule has 3 rings (SSSR count). The molecule has 0 unspecified atom stereocenters. The van der Waals surface area contributed by atoms with E-state index in [-0.39, 0.29) is 0 Å². The number of benzene rings is 1. The largest absolute Gasteiger partial charge is 0.305 e. The zero-order valence-electron chi connectivity index (χ0n) is 7.09. The fraction of sp³-hybridized carbons (Fsp3) is 0.400. The average molecular weight is 147 g/mol. The molecule has 1 aromatic rings. The number of hydrogen-bond acceptors (Lipinski definition) is 1. The molecular formula is C10H13N. The Kier molecular flexibility index (Phi) is 1.46. The van der Waals surface area contributed by atoms with Gasteiger partial charge in [-0.3, -0.25) is 0 Å². The third-order valence-corrected chi connectivity index (χ3v) is 2.15. The molecular weight excluding hydrogens is 134 g/mol. The van der Waals surface area contributed by atoms with Crippen molar-refractivity contribution in [3.05, 3.63) is 34.9 Å². The Morgan fingerprint density at radius 1 is 1.36 bits per heavy atom. The topological polar surface area (TPSA) is 3.24 Å². The lowest BCUT2D eigenvalue weighted by molar-refractivity contribution is 0.400. The molecule has 0 amide bonds. The molecule has 0 heterocycles. The second kappa shape index (κ2) is 2.35. The van der Waals surface area contributed by atoms with E-state index in [1.54, 1.807) is 0 Å². The van der Waals surface area contributed by atoms with Crippen LogP contribution in [0.5, 0.6) is 0 Å². The maximum atomic E-state index is 2.29. The van der Waals surface area contributed by atoms with Gasteiger partial charge in [-0.15, -0.1) is 0 Å². The molecule has 1 aromatic carbocycles. The normalized spacial score (nSPS) is 13.4. The monoisotopic (exact) mass is 147 g/mol. The van der Waals surface area contributed by atoms with Gasteiger partial charge >= 0.3 is 0 Å². The molecule has 58 valence electrons. The Morgan fingerprint density at radius 2 is 2.09 bits per heavy atom. The first-order chi connectivity index (χ1) is 5.25. The van der Waals surface area contributed by atoms with Crippen molar-refractivity contribution < 1.29 is 0 Å². The summed E-state index contributed by atoms with van der Waals surface area (Å²) in [6, 6.07) is 6.76. The minimum absolute atomic E-state index is 1.08. The highest BCUT2D eigenvalue weighted by atomic mass is 15.0. The molecule has 0 saturated heterocycles. The van der Waals surface area contributed by atoms with Gasteiger partial charge in [-0.25, -0.2) is 0 Å². The summed E-state index contributed by atoms with van der Waals surface area (Å²) in [5.41, 5.74) is 4.52. The summed E-state index contributed by atoms with van der Waals surface area (Å²) in [5.74, 6) is 0. The van der Waals surface area contributed by atoms with Gasteiger partial charge in [-0.1, -0.05) is 18.2 Å². The second-order valence-electron chi connectivity index (χ2n) is 3.52. The van der Waals surface area contributed by atoms with Crippen molar-refractivity contribution in [2.75, 3.05) is 14.1 Å². The molecule has 0 N–H and O–H groups in total. The quantitative estimate of drug-likeness (QED) is 0.624. The highest BCUT2D eigenvalue weighted by molar-refractivity contribution is 5.43. The van der Waals surface area contributed by atoms with Crippen LogP contribution >= 0.6 is 0 Å². The summed E-state index contributed by atoms with van der Waals surface area (Å²) in [6.07, 6.45) is 1.21. The maximum Gasteiger partial charge on any atom is 0.0230 e. The van der Waals surface area contributed by atoms with Crippen LogP contribution < -0.4 is 0 Å². The summed E-state index contributed by atoms with van der Waals surface area (Å²) in [6.45, 7) is 1.08. The van der Waals surface area contributed by atoms with E-state index >= 15 is 0 Å². The Morgan fingerprint density at radius 3 is 2.55 bits per heavy atom. The van der Waals surface area contributed by atoms with Gasteiger partial charge in [0, 0.05) is 6.54 Å². The van der Waals surface area contributed by atoms with Gasteiger partial charge in [0.25, 0.3) is 0 Å². The van der Waals surface area contributed by atoms with Crippen LogP contribution in [0.4, 0.5) is 0 Å². The van der Waals surface area contributed by atoms with Gasteiger partial charge in [0.1, 0.15) is 0 Å². The Labute approximate surface area is 67.6 Å². The zero-order chi connectivity index (χ0) is 7.84. The van der Waals surface area contributed by atoms with Crippen molar-refractivity contribution in [1.29, 1.82) is 0 Å². The Balaban J connectivity index is 2.21. The molecule has 0 spiro atoms. The summed E-state index contributed by atoms with van der Waals surface area (Å²) >= 11 is 0. The van der Waals surface area contributed by atoms with Gasteiger partial charge in [0.2, 0.25) is 0 Å². The third kappa shape index (κ3) is 1.16. The molecule has 1 heteroatoms. The SMILES string of the molecule is CN(C)Cc1ccc2cc1C2. The van der Waals surface area contributed by atoms with E-state index < -0.39 is 0 Å². The van der Waals surface area contributed by atoms with Crippen molar-refractivity contribution in [2.24, 2.45) is 0 Å². The smallest absolute Gasteiger partial charge is 0.0230 e. The molecule has 2 aliphatic rings. The number of rotatable bonds is 2. The lowest BCUT2D eigenvalue weighted by Crippen LogP contribution is -2.15. The first-order valence-corrected chi connectivity index (χ1v) is 4.01. The van der Waals surface area contributed by atoms with Crippen LogP contribution in [0.2, 0.25) is 0 Å². The van der Waals surface area contributed by atoms with Gasteiger partial charge in [-0.2, -0.15) is 0 Å². The van der Waals surface area contributed by atoms with Crippen molar-refractivity contribution >= 4 is 0 Å². The minimum atomic E-state index is 1.08. The number of fused-ring (bicyclic) bond motifs is 2. The lowest BCUT2D eigenvalue weighted by Gasteiger charge is -2.21. The highest BCUT2D eigenvalue weighted by Gasteiger charge is 2.12. The molecule has 0 aromatic heterocycles. The molecule has 2 aliphatic carbocycles. The van der Waals surface area contributed by atoms with E-state index in [0.717, 1.165) is 6.54 Å². The molecule has 11 heavy (non-hydrogen) atoms. The molecule has 0 atom stereocenters. The van der Waals surface area contributed by atoms with Gasteiger partial charge in [0.05, 0.1) is 0 Å². The minimum Gasteiger partial charge on any atom is -0.305 e. The van der Waals surface area contributed by atoms with Crippen LogP contribution in [0.1, 0.15) is 16.7 Å². The maximum absolute atomic E-state index is 2.29. The molecule has 2 bridgehead atoms. The fourth-order valence-electron chi connectivity index (χ4n) is 1.54. The van der Waals surface area contributed by atoms with E-state index in [0.29, 0.717) is 0 Å². The third-order valence-electron chi connectivity index (χ3n) is 2.15. The number of hydrogen-bond donors (Lipinski definition) is 0. The van der Waals surface area contributed by atoms with E-state index in [4.69, 9.17) is 0 Å². The first kappa shape index (κ1) is 6.86. The van der Waals surface area contributed by atoms with Crippen molar-refractivity contribution in [3.8, 4) is 0 Å². The molecule has 0 radical (unpaired) electrons. The van der Waals surface area contributed by atoms with Gasteiger partial charge < -0.3 is 4.90 Å². The van der Waals surface area contributed by atoms with Crippen LogP contribution in [-0.2, 0) is 13.0 Å². The summed E-state index contributed by atoms with van der Waals surface area (Å²) in [7, 11) is 4.22. The van der Waals surface area contributed by atoms with Crippen LogP contribution in [-0.4, -0.2) is 19.0 Å². The Bertz CT molecular complexity index is 272. The summed E-state index contributed by atoms with van der Waals surface area (Å²) < 4.78 is 0. The summed E-state index contributed by atoms with van der Waals surface area (Å²) in [5, 5.41) is 0. The van der Waals surface area contributed by atoms with E-state index in [9.17, 15) is 0 Å². The van der Waals surface area contributed by atoms with Crippen LogP contribution in [0.3, 0.4) is 0 Å². The standard InChI is InChI=1S/C10H13N/c1-11(2)7-9-4-3-8-5-10(9)6-8/h3-5H,6-7H2,1-2H3. The van der Waals surface area contributed by atoms with Crippen molar-refractivity contribution in [2.45, 2.75) is 13.0 Å². The molecule has 1 nitrogen and oxygen atoms in total. The highest BCUT2D eigenvalue weighted by Crippen LogP contribution is 2.25. The average Bonchev–Trinajstić information content (AvgIpc) is 1.83. The molecule has 0 fully saturated rings. The second-order valence-corrected chi connectivity index (χ2v) is 3.52. The first-order valence-electron chi connectivity index (χ1n) is 4.01. The van der Waals surface area contributed by atoms with E-state index in [1.165, 1.54) is 23.1 Å². The zero-order valence-corrected chi connectivity index (χ0v) is 7.09. The lowest BCUT2D eigenvalue weighted by atomic mass is 9.88. The Hall–Kier alpha value is -0.820. The van der Waals surface area contributed by atoms with Crippen LogP contribution in [0.25, 0.3) is 0 Å². The van der Waals surface area contributed by atoms with Crippen LogP contribution in [0, 0.1) is 0 Å². The predicted octanol–water partition coefficient (Wildman–Crippen LogP) is 1.65. The summed E-state index contributed by atoms with van der Waals surface area (Å²) in [4.78, 5) is 2.21. The van der Waals surface area contributed by atoms with Crippen molar-refractivity contribution in [1.82, 2.24) is 4.90 Å². The molecule has 0 saturated carbocycles. The van der Waals surface area contributed by atoms with Crippen molar-refractivity contribution in [3.63, 3.8) is 0 Å². The van der Waals surface area contributed by atoms with Crippen LogP contribution in [0.15, 0.2) is 18.2 Å². The number of nitrogens with zero attached hydrogens (tertiary/aromatic N) is 1. The fourth-order valence-corrected chi connectivity index (χ4v) is 1.54. The predicted molar refractivity (Wildman–Crippen MR) is 46.6 cm³/mol. The van der Waals surface area contributed by atoms with E-state index in [1.807, 2.05) is 0 Å². The molecule has 0 aliphatic heterocycles.